The van der Waals surface area contributed by atoms with Crippen molar-refractivity contribution in [2.24, 2.45) is 5.14 Å². The van der Waals surface area contributed by atoms with Gasteiger partial charge in [0, 0.05) is 21.2 Å². The Bertz CT molecular complexity index is 905. The van der Waals surface area contributed by atoms with Crippen LogP contribution in [0.5, 0.6) is 0 Å². The molecule has 0 saturated carbocycles. The van der Waals surface area contributed by atoms with Gasteiger partial charge in [0.1, 0.15) is 4.90 Å². The molecule has 0 bridgehead atoms. The fourth-order valence-electron chi connectivity index (χ4n) is 1.92. The molecule has 118 valence electrons. The summed E-state index contributed by atoms with van der Waals surface area (Å²) in [6.45, 7) is 0. The smallest absolute Gasteiger partial charge is 0.282 e. The van der Waals surface area contributed by atoms with Crippen molar-refractivity contribution in [2.45, 2.75) is 9.79 Å². The van der Waals surface area contributed by atoms with Crippen LogP contribution in [-0.4, -0.2) is 21.4 Å². The predicted octanol–water partition coefficient (Wildman–Crippen LogP) is 2.55. The molecule has 2 aromatic rings. The third-order valence-corrected chi connectivity index (χ3v) is 5.18. The lowest BCUT2D eigenvalue weighted by atomic mass is 10.1. The number of hydrogen-bond donors (Lipinski definition) is 2. The van der Waals surface area contributed by atoms with Gasteiger partial charge in [-0.3, -0.25) is 4.55 Å². The number of rotatable bonds is 3. The second kappa shape index (κ2) is 5.80. The summed E-state index contributed by atoms with van der Waals surface area (Å²) in [5, 5.41) is 5.36. The van der Waals surface area contributed by atoms with Crippen LogP contribution in [0.4, 0.5) is 0 Å². The van der Waals surface area contributed by atoms with Gasteiger partial charge >= 0.3 is 0 Å². The van der Waals surface area contributed by atoms with Crippen molar-refractivity contribution in [3.8, 4) is 11.1 Å². The van der Waals surface area contributed by atoms with Crippen LogP contribution in [0, 0.1) is 0 Å². The first-order chi connectivity index (χ1) is 10.0. The van der Waals surface area contributed by atoms with Gasteiger partial charge in [-0.1, -0.05) is 29.3 Å². The lowest BCUT2D eigenvalue weighted by Gasteiger charge is -2.13. The molecule has 0 atom stereocenters. The molecule has 0 heterocycles. The number of primary sulfonamides is 1. The molecule has 0 aliphatic carbocycles. The summed E-state index contributed by atoms with van der Waals surface area (Å²) < 4.78 is 55.9. The van der Waals surface area contributed by atoms with Crippen molar-refractivity contribution >= 4 is 43.3 Å². The molecule has 0 radical (unpaired) electrons. The van der Waals surface area contributed by atoms with Crippen LogP contribution in [0.3, 0.4) is 0 Å². The summed E-state index contributed by atoms with van der Waals surface area (Å²) in [7, 11) is -8.99. The number of halogens is 2. The van der Waals surface area contributed by atoms with Gasteiger partial charge in [-0.25, -0.2) is 13.6 Å². The summed E-state index contributed by atoms with van der Waals surface area (Å²) in [6.07, 6.45) is 0. The van der Waals surface area contributed by atoms with Crippen LogP contribution in [0.15, 0.2) is 46.2 Å². The maximum absolute atomic E-state index is 11.7. The minimum Gasteiger partial charge on any atom is -0.282 e. The Morgan fingerprint density at radius 3 is 2.09 bits per heavy atom. The normalized spacial score (nSPS) is 12.4. The number of nitrogens with two attached hydrogens (primary N) is 1. The highest BCUT2D eigenvalue weighted by atomic mass is 35.5. The zero-order valence-electron chi connectivity index (χ0n) is 10.7. The highest BCUT2D eigenvalue weighted by molar-refractivity contribution is 7.89. The Morgan fingerprint density at radius 1 is 0.955 bits per heavy atom. The SMILES string of the molecule is NS(=O)(=O)c1cccc(S(=O)(=O)O)c1-c1cc(Cl)ccc1Cl. The molecule has 3 N–H and O–H groups in total. The van der Waals surface area contributed by atoms with Crippen molar-refractivity contribution in [1.29, 1.82) is 0 Å². The Labute approximate surface area is 137 Å². The van der Waals surface area contributed by atoms with Crippen LogP contribution in [-0.2, 0) is 20.1 Å². The maximum Gasteiger partial charge on any atom is 0.295 e. The monoisotopic (exact) mass is 381 g/mol. The van der Waals surface area contributed by atoms with E-state index < -0.39 is 29.9 Å². The molecule has 0 aliphatic heterocycles. The van der Waals surface area contributed by atoms with E-state index in [4.69, 9.17) is 28.3 Å². The maximum atomic E-state index is 11.7. The summed E-state index contributed by atoms with van der Waals surface area (Å²) in [5.41, 5.74) is -0.314. The third kappa shape index (κ3) is 3.43. The Kier molecular flexibility index (Phi) is 4.54. The Morgan fingerprint density at radius 2 is 1.55 bits per heavy atom. The van der Waals surface area contributed by atoms with Gasteiger partial charge in [0.25, 0.3) is 10.1 Å². The van der Waals surface area contributed by atoms with E-state index in [1.54, 1.807) is 0 Å². The van der Waals surface area contributed by atoms with Crippen LogP contribution in [0.1, 0.15) is 0 Å². The molecule has 2 rings (SSSR count). The van der Waals surface area contributed by atoms with E-state index in [-0.39, 0.29) is 21.2 Å². The molecular formula is C12H9Cl2NO5S2. The average Bonchev–Trinajstić information content (AvgIpc) is 2.38. The summed E-state index contributed by atoms with van der Waals surface area (Å²) >= 11 is 11.9. The molecule has 0 spiro atoms. The van der Waals surface area contributed by atoms with E-state index in [0.29, 0.717) is 0 Å². The molecule has 0 aliphatic rings. The van der Waals surface area contributed by atoms with Crippen molar-refractivity contribution in [2.75, 3.05) is 0 Å². The quantitative estimate of drug-likeness (QED) is 0.792. The van der Waals surface area contributed by atoms with E-state index in [2.05, 4.69) is 0 Å². The van der Waals surface area contributed by atoms with Crippen LogP contribution in [0.25, 0.3) is 11.1 Å². The molecule has 0 fully saturated rings. The Hall–Kier alpha value is -1.16. The van der Waals surface area contributed by atoms with E-state index in [0.717, 1.165) is 18.2 Å². The van der Waals surface area contributed by atoms with Gasteiger partial charge in [-0.2, -0.15) is 8.42 Å². The molecule has 0 unspecified atom stereocenters. The first-order valence-corrected chi connectivity index (χ1v) is 9.35. The van der Waals surface area contributed by atoms with Crippen LogP contribution < -0.4 is 5.14 Å². The lowest BCUT2D eigenvalue weighted by molar-refractivity contribution is 0.483. The second-order valence-corrected chi connectivity index (χ2v) is 8.04. The van der Waals surface area contributed by atoms with Crippen molar-refractivity contribution < 1.29 is 21.4 Å². The van der Waals surface area contributed by atoms with E-state index >= 15 is 0 Å². The molecule has 0 aromatic heterocycles. The van der Waals surface area contributed by atoms with Gasteiger partial charge in [0.2, 0.25) is 10.0 Å². The van der Waals surface area contributed by atoms with E-state index in [1.807, 2.05) is 0 Å². The standard InChI is InChI=1S/C12H9Cl2NO5S2/c13-7-4-5-9(14)8(6-7)12-10(21(15,16)17)2-1-3-11(12)22(18,19)20/h1-6H,(H2,15,16,17)(H,18,19,20). The molecule has 0 amide bonds. The van der Waals surface area contributed by atoms with Gasteiger partial charge in [0.05, 0.1) is 4.90 Å². The number of benzene rings is 2. The van der Waals surface area contributed by atoms with Gasteiger partial charge < -0.3 is 0 Å². The van der Waals surface area contributed by atoms with Crippen molar-refractivity contribution in [3.63, 3.8) is 0 Å². The zero-order valence-corrected chi connectivity index (χ0v) is 13.8. The average molecular weight is 382 g/mol. The number of hydrogen-bond acceptors (Lipinski definition) is 4. The summed E-state index contributed by atoms with van der Waals surface area (Å²) in [6, 6.07) is 7.38. The fourth-order valence-corrected chi connectivity index (χ4v) is 3.87. The second-order valence-electron chi connectivity index (χ2n) is 4.27. The summed E-state index contributed by atoms with van der Waals surface area (Å²) in [4.78, 5) is -1.13. The van der Waals surface area contributed by atoms with Crippen molar-refractivity contribution in [3.05, 3.63) is 46.4 Å². The molecule has 6 nitrogen and oxygen atoms in total. The first-order valence-electron chi connectivity index (χ1n) is 5.60. The third-order valence-electron chi connectivity index (χ3n) is 2.77. The highest BCUT2D eigenvalue weighted by Crippen LogP contribution is 2.38. The zero-order chi connectivity index (χ0) is 16.7. The van der Waals surface area contributed by atoms with Gasteiger partial charge in [-0.05, 0) is 30.3 Å². The first kappa shape index (κ1) is 17.2. The molecule has 2 aromatic carbocycles. The topological polar surface area (TPSA) is 115 Å². The fraction of sp³-hybridized carbons (Fsp3) is 0. The van der Waals surface area contributed by atoms with Gasteiger partial charge in [0.15, 0.2) is 0 Å². The lowest BCUT2D eigenvalue weighted by Crippen LogP contribution is -2.15. The minimum atomic E-state index is -4.72. The highest BCUT2D eigenvalue weighted by Gasteiger charge is 2.26. The molecule has 10 heteroatoms. The number of sulfonamides is 1. The van der Waals surface area contributed by atoms with Crippen molar-refractivity contribution in [1.82, 2.24) is 0 Å². The largest absolute Gasteiger partial charge is 0.295 e. The van der Waals surface area contributed by atoms with E-state index in [9.17, 15) is 21.4 Å². The summed E-state index contributed by atoms with van der Waals surface area (Å²) in [5.74, 6) is 0. The van der Waals surface area contributed by atoms with Crippen LogP contribution in [0.2, 0.25) is 10.0 Å². The Balaban J connectivity index is 3.03. The predicted molar refractivity (Wildman–Crippen MR) is 83.1 cm³/mol. The van der Waals surface area contributed by atoms with Gasteiger partial charge in [-0.15, -0.1) is 0 Å². The van der Waals surface area contributed by atoms with Crippen LogP contribution >= 0.6 is 23.2 Å². The van der Waals surface area contributed by atoms with E-state index in [1.165, 1.54) is 18.2 Å². The minimum absolute atomic E-state index is 0.0198. The molecule has 22 heavy (non-hydrogen) atoms. The molecule has 0 saturated heterocycles. The molecular weight excluding hydrogens is 373 g/mol.